The maximum Gasteiger partial charge on any atom is 0.173 e. The minimum Gasteiger partial charge on any atom is -0.346 e. The summed E-state index contributed by atoms with van der Waals surface area (Å²) >= 11 is 15.0. The Kier molecular flexibility index (Phi) is 5.95. The zero-order chi connectivity index (χ0) is 18.7. The van der Waals surface area contributed by atoms with Gasteiger partial charge in [0.15, 0.2) is 5.11 Å². The predicted octanol–water partition coefficient (Wildman–Crippen LogP) is 3.91. The summed E-state index contributed by atoms with van der Waals surface area (Å²) in [5, 5.41) is 13.1. The highest BCUT2D eigenvalue weighted by Gasteiger charge is 2.12. The van der Waals surface area contributed by atoms with Crippen LogP contribution in [0.25, 0.3) is 0 Å². The van der Waals surface area contributed by atoms with Crippen molar-refractivity contribution in [1.82, 2.24) is 24.5 Å². The van der Waals surface area contributed by atoms with Gasteiger partial charge in [0, 0.05) is 25.3 Å². The first-order valence-corrected chi connectivity index (χ1v) is 9.45. The third kappa shape index (κ3) is 4.63. The second-order valence-electron chi connectivity index (χ2n) is 5.91. The molecule has 0 aliphatic carbocycles. The number of benzene rings is 1. The summed E-state index contributed by atoms with van der Waals surface area (Å²) in [5.74, 6) is 0. The quantitative estimate of drug-likeness (QED) is 0.594. The molecule has 1 aromatic carbocycles. The molecular formula is C17H18BrClN6S. The van der Waals surface area contributed by atoms with Crippen LogP contribution in [0.1, 0.15) is 11.3 Å². The molecule has 136 valence electrons. The fourth-order valence-corrected chi connectivity index (χ4v) is 3.34. The molecule has 0 aliphatic heterocycles. The van der Waals surface area contributed by atoms with E-state index in [1.54, 1.807) is 12.4 Å². The van der Waals surface area contributed by atoms with Gasteiger partial charge in [-0.2, -0.15) is 10.2 Å². The summed E-state index contributed by atoms with van der Waals surface area (Å²) in [6.45, 7) is 1.28. The first-order chi connectivity index (χ1) is 12.4. The van der Waals surface area contributed by atoms with Crippen LogP contribution in [0, 0.1) is 0 Å². The first kappa shape index (κ1) is 18.9. The van der Waals surface area contributed by atoms with Gasteiger partial charge in [-0.1, -0.05) is 23.7 Å². The van der Waals surface area contributed by atoms with E-state index >= 15 is 0 Å². The van der Waals surface area contributed by atoms with Gasteiger partial charge in [-0.15, -0.1) is 0 Å². The molecule has 3 rings (SSSR count). The number of rotatable bonds is 5. The average Bonchev–Trinajstić information content (AvgIpc) is 3.16. The third-order valence-electron chi connectivity index (χ3n) is 3.86. The van der Waals surface area contributed by atoms with Crippen molar-refractivity contribution < 1.29 is 0 Å². The Morgan fingerprint density at radius 1 is 1.35 bits per heavy atom. The zero-order valence-corrected chi connectivity index (χ0v) is 17.5. The van der Waals surface area contributed by atoms with Crippen LogP contribution >= 0.6 is 39.7 Å². The molecule has 0 unspecified atom stereocenters. The van der Waals surface area contributed by atoms with Crippen molar-refractivity contribution in [3.8, 4) is 0 Å². The van der Waals surface area contributed by atoms with Crippen molar-refractivity contribution in [1.29, 1.82) is 0 Å². The highest BCUT2D eigenvalue weighted by molar-refractivity contribution is 9.10. The highest BCUT2D eigenvalue weighted by atomic mass is 79.9. The van der Waals surface area contributed by atoms with Gasteiger partial charge >= 0.3 is 0 Å². The highest BCUT2D eigenvalue weighted by Crippen LogP contribution is 2.17. The number of aromatic nitrogens is 4. The van der Waals surface area contributed by atoms with Crippen LogP contribution in [-0.4, -0.2) is 36.6 Å². The van der Waals surface area contributed by atoms with Crippen molar-refractivity contribution in [2.45, 2.75) is 13.1 Å². The second kappa shape index (κ2) is 8.20. The van der Waals surface area contributed by atoms with E-state index in [2.05, 4.69) is 31.4 Å². The first-order valence-electron chi connectivity index (χ1n) is 7.88. The summed E-state index contributed by atoms with van der Waals surface area (Å²) in [4.78, 5) is 1.95. The molecule has 9 heteroatoms. The normalized spacial score (nSPS) is 10.8. The van der Waals surface area contributed by atoms with E-state index in [4.69, 9.17) is 23.8 Å². The number of anilines is 1. The number of hydrogen-bond donors (Lipinski definition) is 1. The number of hydrogen-bond acceptors (Lipinski definition) is 3. The molecule has 0 amide bonds. The minimum absolute atomic E-state index is 0.611. The Morgan fingerprint density at radius 3 is 2.85 bits per heavy atom. The Labute approximate surface area is 170 Å². The van der Waals surface area contributed by atoms with Gasteiger partial charge in [0.1, 0.15) is 0 Å². The van der Waals surface area contributed by atoms with Gasteiger partial charge < -0.3 is 10.2 Å². The topological polar surface area (TPSA) is 50.9 Å². The molecule has 0 radical (unpaired) electrons. The van der Waals surface area contributed by atoms with Crippen molar-refractivity contribution in [3.05, 3.63) is 63.6 Å². The molecule has 2 heterocycles. The van der Waals surface area contributed by atoms with Crippen LogP contribution in [-0.2, 0) is 20.1 Å². The third-order valence-corrected chi connectivity index (χ3v) is 5.17. The molecule has 1 N–H and O–H groups in total. The number of aryl methyl sites for hydroxylation is 1. The standard InChI is InChI=1S/C17H18BrClN6S/c1-23(11-16-15(18)8-20-24(16)2)17(26)22-14-7-21-25(10-14)9-12-4-3-5-13(19)6-12/h3-8,10H,9,11H2,1-2H3,(H,22,26). The van der Waals surface area contributed by atoms with E-state index in [1.165, 1.54) is 0 Å². The lowest BCUT2D eigenvalue weighted by atomic mass is 10.2. The minimum atomic E-state index is 0.611. The van der Waals surface area contributed by atoms with Crippen molar-refractivity contribution in [2.24, 2.45) is 7.05 Å². The lowest BCUT2D eigenvalue weighted by Gasteiger charge is -2.20. The van der Waals surface area contributed by atoms with Gasteiger partial charge in [-0.25, -0.2) is 0 Å². The van der Waals surface area contributed by atoms with E-state index in [9.17, 15) is 0 Å². The zero-order valence-electron chi connectivity index (χ0n) is 14.4. The average molecular weight is 454 g/mol. The summed E-state index contributed by atoms with van der Waals surface area (Å²) < 4.78 is 4.63. The molecule has 0 aliphatic rings. The Morgan fingerprint density at radius 2 is 2.15 bits per heavy atom. The summed E-state index contributed by atoms with van der Waals surface area (Å²) in [7, 11) is 3.84. The van der Waals surface area contributed by atoms with Crippen molar-refractivity contribution >= 4 is 50.5 Å². The van der Waals surface area contributed by atoms with Gasteiger partial charge in [-0.3, -0.25) is 9.36 Å². The van der Waals surface area contributed by atoms with Crippen molar-refractivity contribution in [3.63, 3.8) is 0 Å². The molecule has 0 bridgehead atoms. The van der Waals surface area contributed by atoms with Gasteiger partial charge in [-0.05, 0) is 45.8 Å². The lowest BCUT2D eigenvalue weighted by molar-refractivity contribution is 0.481. The number of nitrogens with zero attached hydrogens (tertiary/aromatic N) is 5. The van der Waals surface area contributed by atoms with Gasteiger partial charge in [0.05, 0.1) is 41.3 Å². The Hall–Kier alpha value is -1.90. The molecular weight excluding hydrogens is 436 g/mol. The Balaban J connectivity index is 1.60. The van der Waals surface area contributed by atoms with E-state index in [0.717, 1.165) is 26.4 Å². The fraction of sp³-hybridized carbons (Fsp3) is 0.235. The van der Waals surface area contributed by atoms with Crippen molar-refractivity contribution in [2.75, 3.05) is 12.4 Å². The van der Waals surface area contributed by atoms with E-state index in [1.807, 2.05) is 58.8 Å². The lowest BCUT2D eigenvalue weighted by Crippen LogP contribution is -2.31. The number of halogens is 2. The summed E-state index contributed by atoms with van der Waals surface area (Å²) in [5.41, 5.74) is 2.98. The summed E-state index contributed by atoms with van der Waals surface area (Å²) in [6.07, 6.45) is 5.45. The SMILES string of the molecule is CN(Cc1c(Br)cnn1C)C(=S)Nc1cnn(Cc2cccc(Cl)c2)c1. The van der Waals surface area contributed by atoms with Crippen LogP contribution in [0.2, 0.25) is 5.02 Å². The fourth-order valence-electron chi connectivity index (χ4n) is 2.47. The molecule has 0 atom stereocenters. The van der Waals surface area contributed by atoms with E-state index < -0.39 is 0 Å². The molecule has 2 aromatic heterocycles. The molecule has 0 saturated heterocycles. The summed E-state index contributed by atoms with van der Waals surface area (Å²) in [6, 6.07) is 7.74. The van der Waals surface area contributed by atoms with Gasteiger partial charge in [0.25, 0.3) is 0 Å². The molecule has 26 heavy (non-hydrogen) atoms. The predicted molar refractivity (Wildman–Crippen MR) is 111 cm³/mol. The van der Waals surface area contributed by atoms with E-state index in [-0.39, 0.29) is 0 Å². The Bertz CT molecular complexity index is 902. The van der Waals surface area contributed by atoms with Crippen LogP contribution in [0.5, 0.6) is 0 Å². The second-order valence-corrected chi connectivity index (χ2v) is 7.58. The molecule has 0 spiro atoms. The maximum atomic E-state index is 6.03. The number of nitrogens with one attached hydrogen (secondary N) is 1. The van der Waals surface area contributed by atoms with Crippen LogP contribution in [0.3, 0.4) is 0 Å². The molecule has 0 saturated carbocycles. The monoisotopic (exact) mass is 452 g/mol. The number of thiocarbonyl (C=S) groups is 1. The smallest absolute Gasteiger partial charge is 0.173 e. The van der Waals surface area contributed by atoms with Crippen LogP contribution in [0.15, 0.2) is 47.3 Å². The van der Waals surface area contributed by atoms with Crippen LogP contribution < -0.4 is 5.32 Å². The van der Waals surface area contributed by atoms with Gasteiger partial charge in [0.2, 0.25) is 0 Å². The molecule has 6 nitrogen and oxygen atoms in total. The molecule has 0 fully saturated rings. The van der Waals surface area contributed by atoms with Crippen LogP contribution in [0.4, 0.5) is 5.69 Å². The molecule has 3 aromatic rings. The largest absolute Gasteiger partial charge is 0.346 e. The van der Waals surface area contributed by atoms with E-state index in [0.29, 0.717) is 18.2 Å². The maximum absolute atomic E-state index is 6.03.